The Bertz CT molecular complexity index is 1450. The van der Waals surface area contributed by atoms with Crippen LogP contribution in [0.3, 0.4) is 0 Å². The maximum absolute atomic E-state index is 12.9. The van der Waals surface area contributed by atoms with E-state index < -0.39 is 5.91 Å². The molecular weight excluding hydrogens is 470 g/mol. The lowest BCUT2D eigenvalue weighted by molar-refractivity contribution is -0.114. The lowest BCUT2D eigenvalue weighted by Gasteiger charge is -2.20. The Hall–Kier alpha value is -3.62. The van der Waals surface area contributed by atoms with Gasteiger partial charge in [-0.25, -0.2) is 0 Å². The Morgan fingerprint density at radius 2 is 1.85 bits per heavy atom. The molecule has 0 fully saturated rings. The molecule has 1 N–H and O–H groups in total. The molecule has 170 valence electrons. The highest BCUT2D eigenvalue weighted by atomic mass is 35.5. The molecule has 1 aromatic heterocycles. The van der Waals surface area contributed by atoms with E-state index in [0.717, 1.165) is 34.0 Å². The van der Waals surface area contributed by atoms with Crippen molar-refractivity contribution in [3.8, 4) is 11.4 Å². The van der Waals surface area contributed by atoms with Crippen LogP contribution < -0.4 is 4.74 Å². The molecule has 0 spiro atoms. The third-order valence-corrected chi connectivity index (χ3v) is 6.93. The van der Waals surface area contributed by atoms with Crippen LogP contribution in [0.5, 0.6) is 5.75 Å². The number of fused-ring (bicyclic) bond motifs is 1. The lowest BCUT2D eigenvalue weighted by Crippen LogP contribution is -2.35. The Balaban J connectivity index is 1.53. The van der Waals surface area contributed by atoms with E-state index in [0.29, 0.717) is 15.2 Å². The van der Waals surface area contributed by atoms with Crippen molar-refractivity contribution in [1.29, 1.82) is 5.41 Å². The van der Waals surface area contributed by atoms with Gasteiger partial charge in [0.15, 0.2) is 5.84 Å². The van der Waals surface area contributed by atoms with Gasteiger partial charge in [-0.15, -0.1) is 0 Å². The van der Waals surface area contributed by atoms with Crippen LogP contribution in [-0.4, -0.2) is 38.6 Å². The SMILES string of the molecule is COc1ccccc1-n1c(C)cc(/C=C2/C(=N)N3N=C(c4ccccc4Cl)SC3=NC2=O)c1C. The van der Waals surface area contributed by atoms with E-state index in [1.54, 1.807) is 19.3 Å². The van der Waals surface area contributed by atoms with Gasteiger partial charge in [0.2, 0.25) is 5.17 Å². The van der Waals surface area contributed by atoms with Crippen LogP contribution in [0.15, 0.2) is 70.3 Å². The van der Waals surface area contributed by atoms with Crippen molar-refractivity contribution in [2.75, 3.05) is 7.11 Å². The van der Waals surface area contributed by atoms with Crippen LogP contribution in [0.25, 0.3) is 11.8 Å². The molecule has 0 aliphatic carbocycles. The molecule has 0 atom stereocenters. The zero-order valence-electron chi connectivity index (χ0n) is 18.7. The Morgan fingerprint density at radius 3 is 2.62 bits per heavy atom. The van der Waals surface area contributed by atoms with Crippen molar-refractivity contribution in [3.05, 3.63) is 87.7 Å². The summed E-state index contributed by atoms with van der Waals surface area (Å²) in [5.74, 6) is 0.253. The fourth-order valence-electron chi connectivity index (χ4n) is 4.01. The summed E-state index contributed by atoms with van der Waals surface area (Å²) in [6, 6.07) is 17.1. The van der Waals surface area contributed by atoms with Crippen LogP contribution in [0.1, 0.15) is 22.5 Å². The first-order valence-electron chi connectivity index (χ1n) is 10.5. The first-order chi connectivity index (χ1) is 16.4. The van der Waals surface area contributed by atoms with Crippen molar-refractivity contribution < 1.29 is 9.53 Å². The number of amides is 1. The van der Waals surface area contributed by atoms with Crippen LogP contribution in [0, 0.1) is 19.3 Å². The van der Waals surface area contributed by atoms with Gasteiger partial charge >= 0.3 is 0 Å². The molecule has 3 aromatic rings. The van der Waals surface area contributed by atoms with Gasteiger partial charge in [-0.05, 0) is 61.5 Å². The number of carbonyl (C=O) groups excluding carboxylic acids is 1. The number of hydrogen-bond acceptors (Lipinski definition) is 5. The van der Waals surface area contributed by atoms with Crippen LogP contribution in [0.4, 0.5) is 0 Å². The average molecular weight is 490 g/mol. The number of hydrogen-bond donors (Lipinski definition) is 1. The number of carbonyl (C=O) groups is 1. The first kappa shape index (κ1) is 22.2. The Labute approximate surface area is 205 Å². The highest BCUT2D eigenvalue weighted by Gasteiger charge is 2.36. The second-order valence-corrected chi connectivity index (χ2v) is 9.10. The van der Waals surface area contributed by atoms with E-state index in [2.05, 4.69) is 14.7 Å². The van der Waals surface area contributed by atoms with Crippen molar-refractivity contribution in [2.45, 2.75) is 13.8 Å². The number of para-hydroxylation sites is 2. The molecule has 34 heavy (non-hydrogen) atoms. The van der Waals surface area contributed by atoms with Gasteiger partial charge < -0.3 is 9.30 Å². The normalized spacial score (nSPS) is 16.6. The monoisotopic (exact) mass is 489 g/mol. The van der Waals surface area contributed by atoms with Gasteiger partial charge in [0.25, 0.3) is 5.91 Å². The summed E-state index contributed by atoms with van der Waals surface area (Å²) in [7, 11) is 1.64. The number of methoxy groups -OCH3 is 1. The predicted molar refractivity (Wildman–Crippen MR) is 137 cm³/mol. The van der Waals surface area contributed by atoms with E-state index in [-0.39, 0.29) is 11.4 Å². The number of hydrazone groups is 1. The molecule has 0 saturated heterocycles. The summed E-state index contributed by atoms with van der Waals surface area (Å²) in [5, 5.41) is 16.1. The van der Waals surface area contributed by atoms with Crippen molar-refractivity contribution >= 4 is 51.4 Å². The molecule has 0 unspecified atom stereocenters. The lowest BCUT2D eigenvalue weighted by atomic mass is 10.1. The van der Waals surface area contributed by atoms with Gasteiger partial charge in [-0.3, -0.25) is 10.2 Å². The van der Waals surface area contributed by atoms with Crippen LogP contribution >= 0.6 is 23.4 Å². The smallest absolute Gasteiger partial charge is 0.283 e. The minimum Gasteiger partial charge on any atom is -0.495 e. The van der Waals surface area contributed by atoms with E-state index in [1.165, 1.54) is 16.8 Å². The zero-order valence-corrected chi connectivity index (χ0v) is 20.2. The van der Waals surface area contributed by atoms with E-state index >= 15 is 0 Å². The molecule has 0 radical (unpaired) electrons. The molecule has 1 amide bonds. The summed E-state index contributed by atoms with van der Waals surface area (Å²) < 4.78 is 7.60. The minimum absolute atomic E-state index is 0.0216. The molecule has 5 rings (SSSR count). The highest BCUT2D eigenvalue weighted by molar-refractivity contribution is 8.27. The van der Waals surface area contributed by atoms with E-state index in [4.69, 9.17) is 21.7 Å². The van der Waals surface area contributed by atoms with E-state index in [9.17, 15) is 4.79 Å². The molecule has 7 nitrogen and oxygen atoms in total. The fraction of sp³-hybridized carbons (Fsp3) is 0.120. The summed E-state index contributed by atoms with van der Waals surface area (Å²) in [5.41, 5.74) is 4.52. The maximum Gasteiger partial charge on any atom is 0.283 e. The summed E-state index contributed by atoms with van der Waals surface area (Å²) in [6.07, 6.45) is 1.70. The average Bonchev–Trinajstić information content (AvgIpc) is 3.37. The second-order valence-electron chi connectivity index (χ2n) is 7.74. The van der Waals surface area contributed by atoms with Crippen molar-refractivity contribution in [1.82, 2.24) is 9.58 Å². The number of aliphatic imine (C=N–C) groups is 1. The van der Waals surface area contributed by atoms with Crippen LogP contribution in [0.2, 0.25) is 5.02 Å². The van der Waals surface area contributed by atoms with E-state index in [1.807, 2.05) is 62.4 Å². The first-order valence-corrected chi connectivity index (χ1v) is 11.7. The van der Waals surface area contributed by atoms with Crippen molar-refractivity contribution in [2.24, 2.45) is 10.1 Å². The summed E-state index contributed by atoms with van der Waals surface area (Å²) in [4.78, 5) is 17.1. The summed E-state index contributed by atoms with van der Waals surface area (Å²) in [6.45, 7) is 3.96. The molecule has 9 heteroatoms. The van der Waals surface area contributed by atoms with Crippen LogP contribution in [-0.2, 0) is 4.79 Å². The Kier molecular flexibility index (Phi) is 5.63. The predicted octanol–water partition coefficient (Wildman–Crippen LogP) is 5.42. The largest absolute Gasteiger partial charge is 0.495 e. The molecule has 2 aliphatic rings. The molecular formula is C25H20ClN5O2S. The van der Waals surface area contributed by atoms with Gasteiger partial charge in [0, 0.05) is 17.0 Å². The number of aromatic nitrogens is 1. The zero-order chi connectivity index (χ0) is 24.0. The highest BCUT2D eigenvalue weighted by Crippen LogP contribution is 2.34. The molecule has 2 aliphatic heterocycles. The minimum atomic E-state index is -0.471. The number of rotatable bonds is 4. The topological polar surface area (TPSA) is 83.0 Å². The third kappa shape index (κ3) is 3.65. The van der Waals surface area contributed by atoms with Crippen molar-refractivity contribution in [3.63, 3.8) is 0 Å². The van der Waals surface area contributed by atoms with Gasteiger partial charge in [0.05, 0.1) is 23.4 Å². The number of aryl methyl sites for hydroxylation is 1. The third-order valence-electron chi connectivity index (χ3n) is 5.65. The standard InChI is InChI=1S/C25H20ClN5O2S/c1-14-12-16(15(2)30(14)20-10-6-7-11-21(20)33-3)13-18-22(27)31-25(28-23(18)32)34-24(29-31)17-8-4-5-9-19(17)26/h4-13,27H,1-3H3/b18-13-,27-22?. The number of ether oxygens (including phenoxy) is 1. The molecule has 0 bridgehead atoms. The second kappa shape index (κ2) is 8.62. The number of amidine groups is 2. The Morgan fingerprint density at radius 1 is 1.12 bits per heavy atom. The molecule has 0 saturated carbocycles. The molecule has 3 heterocycles. The maximum atomic E-state index is 12.9. The quantitative estimate of drug-likeness (QED) is 0.496. The number of halogens is 1. The molecule has 2 aromatic carbocycles. The number of nitrogens with zero attached hydrogens (tertiary/aromatic N) is 4. The number of benzene rings is 2. The summed E-state index contributed by atoms with van der Waals surface area (Å²) >= 11 is 7.54. The fourth-order valence-corrected chi connectivity index (χ4v) is 5.22. The van der Waals surface area contributed by atoms with Gasteiger partial charge in [-0.1, -0.05) is 41.9 Å². The number of nitrogens with one attached hydrogen (secondary N) is 1. The number of thioether (sulfide) groups is 1. The van der Waals surface area contributed by atoms with Gasteiger partial charge in [0.1, 0.15) is 10.8 Å². The van der Waals surface area contributed by atoms with Gasteiger partial charge in [-0.2, -0.15) is 15.1 Å².